The maximum atomic E-state index is 14.2. The first-order valence-corrected chi connectivity index (χ1v) is 23.5. The number of hydrogen-bond donors (Lipinski definition) is 13. The zero-order chi connectivity index (χ0) is 48.6. The van der Waals surface area contributed by atoms with Gasteiger partial charge in [0.1, 0.15) is 42.3 Å². The normalized spacial score (nSPS) is 20.3. The average molecular weight is 937 g/mol. The molecule has 3 aliphatic rings. The van der Waals surface area contributed by atoms with E-state index < -0.39 is 90.4 Å². The molecule has 0 aromatic rings. The maximum Gasteiger partial charge on any atom is 0.326 e. The number of carbonyl (C=O) groups excluding carboxylic acids is 7. The molecular formula is C42H76N14O10. The maximum absolute atomic E-state index is 14.2. The fourth-order valence-corrected chi connectivity index (χ4v) is 8.48. The quantitative estimate of drug-likeness (QED) is 0.0184. The fourth-order valence-electron chi connectivity index (χ4n) is 8.48. The van der Waals surface area contributed by atoms with Gasteiger partial charge in [-0.2, -0.15) is 0 Å². The van der Waals surface area contributed by atoms with Crippen molar-refractivity contribution in [2.24, 2.45) is 33.7 Å². The van der Waals surface area contributed by atoms with Crippen LogP contribution in [0.1, 0.15) is 109 Å². The molecule has 0 saturated carbocycles. The van der Waals surface area contributed by atoms with Crippen LogP contribution in [0.4, 0.5) is 0 Å². The van der Waals surface area contributed by atoms with E-state index in [0.29, 0.717) is 96.8 Å². The van der Waals surface area contributed by atoms with Crippen LogP contribution in [0.2, 0.25) is 0 Å². The van der Waals surface area contributed by atoms with Crippen LogP contribution in [-0.2, 0) is 38.4 Å². The Morgan fingerprint density at radius 1 is 0.591 bits per heavy atom. The number of carboxylic acid groups (broad SMARTS) is 1. The Balaban J connectivity index is 1.71. The highest BCUT2D eigenvalue weighted by molar-refractivity contribution is 5.98. The molecule has 0 radical (unpaired) electrons. The molecule has 3 saturated heterocycles. The Labute approximate surface area is 386 Å². The molecule has 3 fully saturated rings. The molecule has 0 spiro atoms. The molecule has 3 heterocycles. The summed E-state index contributed by atoms with van der Waals surface area (Å²) in [6.07, 6.45) is 6.87. The molecule has 3 aliphatic heterocycles. The number of nitrogens with one attached hydrogen (secondary N) is 6. The summed E-state index contributed by atoms with van der Waals surface area (Å²) >= 11 is 0. The molecule has 0 aromatic heterocycles. The third-order valence-electron chi connectivity index (χ3n) is 12.1. The third kappa shape index (κ3) is 17.6. The number of aliphatic carboxylic acids is 1. The molecule has 374 valence electrons. The Hall–Kier alpha value is -5.17. The number of amides is 7. The van der Waals surface area contributed by atoms with Gasteiger partial charge >= 0.3 is 5.97 Å². The molecule has 0 unspecified atom stereocenters. The minimum atomic E-state index is -1.55. The molecule has 18 N–H and O–H groups in total. The number of guanidine groups is 1. The largest absolute Gasteiger partial charge is 0.480 e. The average Bonchev–Trinajstić information content (AvgIpc) is 4.11. The highest BCUT2D eigenvalue weighted by Crippen LogP contribution is 2.26. The predicted octanol–water partition coefficient (Wildman–Crippen LogP) is -4.34. The highest BCUT2D eigenvalue weighted by atomic mass is 16.4. The van der Waals surface area contributed by atoms with E-state index in [0.717, 1.165) is 6.42 Å². The van der Waals surface area contributed by atoms with Crippen LogP contribution in [0, 0.1) is 0 Å². The number of unbranched alkanes of at least 4 members (excludes halogenated alkanes) is 3. The topological polar surface area (TPSA) is 398 Å². The lowest BCUT2D eigenvalue weighted by Gasteiger charge is -2.33. The van der Waals surface area contributed by atoms with Crippen molar-refractivity contribution < 1.29 is 48.6 Å². The number of carbonyl (C=O) groups is 8. The summed E-state index contributed by atoms with van der Waals surface area (Å²) < 4.78 is 0. The number of hydrogen-bond acceptors (Lipinski definition) is 14. The van der Waals surface area contributed by atoms with Gasteiger partial charge in [0.2, 0.25) is 41.4 Å². The van der Waals surface area contributed by atoms with Crippen LogP contribution in [0.5, 0.6) is 0 Å². The second-order valence-electron chi connectivity index (χ2n) is 17.2. The van der Waals surface area contributed by atoms with E-state index in [1.165, 1.54) is 9.80 Å². The zero-order valence-corrected chi connectivity index (χ0v) is 38.2. The van der Waals surface area contributed by atoms with E-state index in [1.807, 2.05) is 0 Å². The van der Waals surface area contributed by atoms with Crippen molar-refractivity contribution >= 4 is 53.3 Å². The summed E-state index contributed by atoms with van der Waals surface area (Å²) in [7, 11) is 0. The van der Waals surface area contributed by atoms with Crippen molar-refractivity contribution in [2.45, 2.75) is 157 Å². The molecule has 3 rings (SSSR count). The molecule has 24 nitrogen and oxygen atoms in total. The van der Waals surface area contributed by atoms with E-state index in [-0.39, 0.29) is 69.5 Å². The Morgan fingerprint density at radius 3 is 1.61 bits per heavy atom. The first-order valence-electron chi connectivity index (χ1n) is 23.5. The van der Waals surface area contributed by atoms with Gasteiger partial charge in [0.05, 0.1) is 12.6 Å². The van der Waals surface area contributed by atoms with Crippen molar-refractivity contribution in [3.63, 3.8) is 0 Å². The first kappa shape index (κ1) is 55.2. The van der Waals surface area contributed by atoms with E-state index in [2.05, 4.69) is 36.9 Å². The second kappa shape index (κ2) is 29.5. The molecule has 0 bridgehead atoms. The van der Waals surface area contributed by atoms with Crippen LogP contribution in [-0.4, -0.2) is 174 Å². The van der Waals surface area contributed by atoms with E-state index in [4.69, 9.17) is 28.7 Å². The summed E-state index contributed by atoms with van der Waals surface area (Å²) in [6, 6.07) is -8.49. The van der Waals surface area contributed by atoms with Crippen molar-refractivity contribution in [1.29, 1.82) is 0 Å². The van der Waals surface area contributed by atoms with Crippen LogP contribution in [0.3, 0.4) is 0 Å². The monoisotopic (exact) mass is 937 g/mol. The first-order chi connectivity index (χ1) is 31.7. The SMILES string of the molecule is NCCCC[C@H](NC(=O)[C@H](CCCCN)NC(=O)[C@H](CO)NC(=O)[C@@H]1CCCN1C(=O)[C@@H]1CCCN1C(=O)[C@H](CCCCN)NC(=O)[C@@H]1CCCN1)C(=O)N[C@@H](CCCN=C(N)N)C(=O)O. The lowest BCUT2D eigenvalue weighted by Crippen LogP contribution is -2.60. The van der Waals surface area contributed by atoms with Gasteiger partial charge in [0, 0.05) is 19.6 Å². The Bertz CT molecular complexity index is 1650. The number of rotatable bonds is 30. The van der Waals surface area contributed by atoms with Crippen molar-refractivity contribution in [2.75, 3.05) is 52.4 Å². The highest BCUT2D eigenvalue weighted by Gasteiger charge is 2.44. The lowest BCUT2D eigenvalue weighted by atomic mass is 10.0. The number of likely N-dealkylation sites (tertiary alicyclic amines) is 2. The molecule has 7 amide bonds. The van der Waals surface area contributed by atoms with Gasteiger partial charge in [-0.15, -0.1) is 0 Å². The van der Waals surface area contributed by atoms with Crippen molar-refractivity contribution in [3.05, 3.63) is 0 Å². The summed E-state index contributed by atoms with van der Waals surface area (Å²) in [5, 5.41) is 36.4. The van der Waals surface area contributed by atoms with Gasteiger partial charge in [0.25, 0.3) is 0 Å². The van der Waals surface area contributed by atoms with Crippen LogP contribution in [0.25, 0.3) is 0 Å². The summed E-state index contributed by atoms with van der Waals surface area (Å²) in [6.45, 7) is 1.49. The number of nitrogens with two attached hydrogens (primary N) is 5. The summed E-state index contributed by atoms with van der Waals surface area (Å²) in [5.41, 5.74) is 27.7. The van der Waals surface area contributed by atoms with Crippen LogP contribution < -0.4 is 60.6 Å². The standard InChI is InChI=1S/C42H76N14O10/c43-18-4-1-11-27(35(59)50-28(12-2-5-19-44)36(60)53-30(41(65)66)15-8-22-49-42(46)47)51-37(61)31(25-57)54-38(62)32-16-9-23-55(32)40(64)33-17-10-24-56(33)39(63)29(13-3-6-20-45)52-34(58)26-14-7-21-48-26/h26-33,48,57H,1-25,43-45H2,(H,50,59)(H,51,61)(H,52,58)(H,53,60)(H,54,62)(H,65,66)(H4,46,47,49)/t26-,27-,28-,29-,30-,31-,32-,33-/m0/s1. The minimum Gasteiger partial charge on any atom is -0.480 e. The summed E-state index contributed by atoms with van der Waals surface area (Å²) in [4.78, 5) is 115. The van der Waals surface area contributed by atoms with Crippen molar-refractivity contribution in [1.82, 2.24) is 41.7 Å². The van der Waals surface area contributed by atoms with E-state index >= 15 is 0 Å². The lowest BCUT2D eigenvalue weighted by molar-refractivity contribution is -0.148. The van der Waals surface area contributed by atoms with Crippen LogP contribution in [0.15, 0.2) is 4.99 Å². The second-order valence-corrected chi connectivity index (χ2v) is 17.2. The van der Waals surface area contributed by atoms with Gasteiger partial charge in [-0.3, -0.25) is 38.6 Å². The number of aliphatic hydroxyl groups is 1. The van der Waals surface area contributed by atoms with Crippen LogP contribution >= 0.6 is 0 Å². The van der Waals surface area contributed by atoms with Gasteiger partial charge in [0.15, 0.2) is 5.96 Å². The smallest absolute Gasteiger partial charge is 0.326 e. The van der Waals surface area contributed by atoms with E-state index in [1.54, 1.807) is 0 Å². The Morgan fingerprint density at radius 2 is 1.09 bits per heavy atom. The third-order valence-corrected chi connectivity index (χ3v) is 12.1. The molecule has 0 aromatic carbocycles. The molecule has 66 heavy (non-hydrogen) atoms. The molecule has 24 heteroatoms. The number of nitrogens with zero attached hydrogens (tertiary/aromatic N) is 3. The number of aliphatic imine (C=N–C) groups is 1. The van der Waals surface area contributed by atoms with E-state index in [9.17, 15) is 48.6 Å². The van der Waals surface area contributed by atoms with Gasteiger partial charge < -0.3 is 80.6 Å². The number of aliphatic hydroxyl groups excluding tert-OH is 1. The van der Waals surface area contributed by atoms with Gasteiger partial charge in [-0.05, 0) is 135 Å². The molecule has 0 aliphatic carbocycles. The zero-order valence-electron chi connectivity index (χ0n) is 38.2. The fraction of sp³-hybridized carbons (Fsp3) is 0.786. The summed E-state index contributed by atoms with van der Waals surface area (Å²) in [5.74, 6) is -5.71. The van der Waals surface area contributed by atoms with Crippen molar-refractivity contribution in [3.8, 4) is 0 Å². The Kier molecular flexibility index (Phi) is 24.6. The van der Waals surface area contributed by atoms with Gasteiger partial charge in [-0.1, -0.05) is 0 Å². The molecule has 8 atom stereocenters. The predicted molar refractivity (Wildman–Crippen MR) is 243 cm³/mol. The number of carboxylic acids is 1. The molecular weight excluding hydrogens is 861 g/mol. The minimum absolute atomic E-state index is 0.00528. The van der Waals surface area contributed by atoms with Gasteiger partial charge in [-0.25, -0.2) is 4.79 Å².